The summed E-state index contributed by atoms with van der Waals surface area (Å²) in [5.41, 5.74) is 2.26. The van der Waals surface area contributed by atoms with E-state index in [9.17, 15) is 8.78 Å². The Bertz CT molecular complexity index is 925. The highest BCUT2D eigenvalue weighted by Crippen LogP contribution is 2.19. The molecule has 0 saturated carbocycles. The topological polar surface area (TPSA) is 91.9 Å². The second-order valence-electron chi connectivity index (χ2n) is 6.17. The van der Waals surface area contributed by atoms with E-state index in [4.69, 9.17) is 5.41 Å². The van der Waals surface area contributed by atoms with Gasteiger partial charge in [0.05, 0.1) is 5.69 Å². The molecule has 0 bridgehead atoms. The maximum atomic E-state index is 13.9. The molecule has 7 nitrogen and oxygen atoms in total. The van der Waals surface area contributed by atoms with Gasteiger partial charge in [-0.1, -0.05) is 13.3 Å². The molecular formula is C18H21F2N7. The molecule has 1 unspecified atom stereocenters. The number of aromatic nitrogens is 5. The predicted molar refractivity (Wildman–Crippen MR) is 98.3 cm³/mol. The highest BCUT2D eigenvalue weighted by atomic mass is 19.1. The molecule has 0 aliphatic heterocycles. The quantitative estimate of drug-likeness (QED) is 0.562. The van der Waals surface area contributed by atoms with Gasteiger partial charge >= 0.3 is 0 Å². The number of fused-ring (bicyclic) bond motifs is 1. The molecular weight excluding hydrogens is 352 g/mol. The molecule has 0 radical (unpaired) electrons. The van der Waals surface area contributed by atoms with E-state index in [1.165, 1.54) is 35.4 Å². The van der Waals surface area contributed by atoms with E-state index in [0.29, 0.717) is 24.9 Å². The summed E-state index contributed by atoms with van der Waals surface area (Å²) in [6.07, 6.45) is 6.71. The van der Waals surface area contributed by atoms with E-state index in [1.54, 1.807) is 0 Å². The first kappa shape index (κ1) is 18.8. The molecule has 1 atom stereocenters. The summed E-state index contributed by atoms with van der Waals surface area (Å²) in [5, 5.41) is 14.6. The summed E-state index contributed by atoms with van der Waals surface area (Å²) in [7, 11) is 0. The number of hydrogen-bond acceptors (Lipinski definition) is 6. The largest absolute Gasteiger partial charge is 0.364 e. The molecule has 0 amide bonds. The van der Waals surface area contributed by atoms with Crippen LogP contribution in [0, 0.1) is 11.2 Å². The van der Waals surface area contributed by atoms with E-state index in [2.05, 4.69) is 25.4 Å². The van der Waals surface area contributed by atoms with Crippen LogP contribution in [0.5, 0.6) is 0 Å². The van der Waals surface area contributed by atoms with Crippen LogP contribution in [0.15, 0.2) is 24.7 Å². The minimum Gasteiger partial charge on any atom is -0.364 e. The van der Waals surface area contributed by atoms with Crippen molar-refractivity contribution in [2.45, 2.75) is 45.3 Å². The highest BCUT2D eigenvalue weighted by Gasteiger charge is 2.18. The Hall–Kier alpha value is -2.97. The van der Waals surface area contributed by atoms with Crippen LogP contribution in [-0.2, 0) is 19.5 Å². The van der Waals surface area contributed by atoms with Gasteiger partial charge in [0.1, 0.15) is 6.33 Å². The third-order valence-electron chi connectivity index (χ3n) is 4.18. The van der Waals surface area contributed by atoms with Crippen molar-refractivity contribution in [1.82, 2.24) is 24.6 Å². The Labute approximate surface area is 155 Å². The van der Waals surface area contributed by atoms with Crippen molar-refractivity contribution in [3.8, 4) is 0 Å². The van der Waals surface area contributed by atoms with E-state index >= 15 is 0 Å². The molecule has 2 N–H and O–H groups in total. The molecule has 9 heteroatoms. The molecule has 27 heavy (non-hydrogen) atoms. The lowest BCUT2D eigenvalue weighted by molar-refractivity contribution is 0.465. The Morgan fingerprint density at radius 3 is 2.93 bits per heavy atom. The van der Waals surface area contributed by atoms with E-state index in [-0.39, 0.29) is 17.7 Å². The second-order valence-corrected chi connectivity index (χ2v) is 6.17. The lowest BCUT2D eigenvalue weighted by Crippen LogP contribution is -2.25. The zero-order chi connectivity index (χ0) is 19.2. The maximum Gasteiger partial charge on any atom is 0.182 e. The second kappa shape index (κ2) is 8.61. The molecule has 3 heterocycles. The third-order valence-corrected chi connectivity index (χ3v) is 4.18. The molecule has 0 spiro atoms. The van der Waals surface area contributed by atoms with Crippen LogP contribution in [0.1, 0.15) is 36.8 Å². The van der Waals surface area contributed by atoms with Crippen LogP contribution < -0.4 is 5.32 Å². The zero-order valence-electron chi connectivity index (χ0n) is 15.0. The van der Waals surface area contributed by atoms with Gasteiger partial charge in [-0.25, -0.2) is 28.2 Å². The number of hydrogen-bond donors (Lipinski definition) is 2. The molecule has 142 valence electrons. The van der Waals surface area contributed by atoms with Crippen molar-refractivity contribution in [1.29, 1.82) is 5.41 Å². The van der Waals surface area contributed by atoms with Crippen molar-refractivity contribution in [3.63, 3.8) is 0 Å². The van der Waals surface area contributed by atoms with Crippen molar-refractivity contribution in [3.05, 3.63) is 47.6 Å². The van der Waals surface area contributed by atoms with Crippen molar-refractivity contribution in [2.24, 2.45) is 0 Å². The summed E-state index contributed by atoms with van der Waals surface area (Å²) >= 11 is 0. The summed E-state index contributed by atoms with van der Waals surface area (Å²) in [6, 6.07) is 2.59. The van der Waals surface area contributed by atoms with Gasteiger partial charge in [0.15, 0.2) is 29.8 Å². The number of nitrogens with one attached hydrogen (secondary N) is 2. The summed E-state index contributed by atoms with van der Waals surface area (Å²) < 4.78 is 28.3. The average molecular weight is 373 g/mol. The van der Waals surface area contributed by atoms with Gasteiger partial charge in [-0.2, -0.15) is 0 Å². The van der Waals surface area contributed by atoms with Crippen LogP contribution in [0.25, 0.3) is 5.65 Å². The average Bonchev–Trinajstić information content (AvgIpc) is 3.09. The van der Waals surface area contributed by atoms with Gasteiger partial charge in [0.2, 0.25) is 0 Å². The van der Waals surface area contributed by atoms with E-state index < -0.39 is 12.5 Å². The lowest BCUT2D eigenvalue weighted by Gasteiger charge is -2.19. The van der Waals surface area contributed by atoms with Gasteiger partial charge in [0, 0.05) is 30.6 Å². The number of rotatable bonds is 9. The zero-order valence-corrected chi connectivity index (χ0v) is 15.0. The SMILES string of the molecule is CCCc1c(CC(CC=N)Nc2ncccc2F)ncn2nc(CF)nc12. The predicted octanol–water partition coefficient (Wildman–Crippen LogP) is 3.14. The van der Waals surface area contributed by atoms with Crippen LogP contribution in [0.4, 0.5) is 14.6 Å². The van der Waals surface area contributed by atoms with Gasteiger partial charge in [-0.3, -0.25) is 0 Å². The summed E-state index contributed by atoms with van der Waals surface area (Å²) in [5.74, 6) is -0.185. The Morgan fingerprint density at radius 1 is 1.37 bits per heavy atom. The van der Waals surface area contributed by atoms with Crippen LogP contribution in [0.2, 0.25) is 0 Å². The lowest BCUT2D eigenvalue weighted by atomic mass is 10.0. The number of nitrogens with zero attached hydrogens (tertiary/aromatic N) is 5. The molecule has 0 aromatic carbocycles. The molecule has 0 aliphatic rings. The summed E-state index contributed by atoms with van der Waals surface area (Å²) in [6.45, 7) is 1.30. The van der Waals surface area contributed by atoms with Crippen molar-refractivity contribution in [2.75, 3.05) is 5.32 Å². The molecule has 3 aromatic rings. The molecule has 3 aromatic heterocycles. The van der Waals surface area contributed by atoms with Gasteiger partial charge in [-0.15, -0.1) is 5.10 Å². The number of pyridine rings is 1. The van der Waals surface area contributed by atoms with Crippen LogP contribution in [0.3, 0.4) is 0 Å². The van der Waals surface area contributed by atoms with Crippen molar-refractivity contribution < 1.29 is 8.78 Å². The Morgan fingerprint density at radius 2 is 2.22 bits per heavy atom. The number of aryl methyl sites for hydroxylation is 1. The molecule has 3 rings (SSSR count). The summed E-state index contributed by atoms with van der Waals surface area (Å²) in [4.78, 5) is 12.7. The van der Waals surface area contributed by atoms with Crippen LogP contribution >= 0.6 is 0 Å². The third kappa shape index (κ3) is 4.24. The van der Waals surface area contributed by atoms with Crippen molar-refractivity contribution >= 4 is 17.7 Å². The molecule has 0 aliphatic carbocycles. The van der Waals surface area contributed by atoms with Gasteiger partial charge in [0.25, 0.3) is 0 Å². The van der Waals surface area contributed by atoms with Gasteiger partial charge in [-0.05, 0) is 24.8 Å². The fraction of sp³-hybridized carbons (Fsp3) is 0.389. The van der Waals surface area contributed by atoms with E-state index in [0.717, 1.165) is 17.7 Å². The standard InChI is InChI=1S/C18H21F2N7/c1-2-4-13-15(23-11-27-18(13)25-16(10-19)26-27)9-12(6-7-21)24-17-14(20)5-3-8-22-17/h3,5,7-8,11-12,21H,2,4,6,9-10H2,1H3,(H,22,24). The monoisotopic (exact) mass is 373 g/mol. The number of halogens is 2. The normalized spacial score (nSPS) is 12.3. The minimum absolute atomic E-state index is 0.121. The fourth-order valence-electron chi connectivity index (χ4n) is 2.98. The van der Waals surface area contributed by atoms with Gasteiger partial charge < -0.3 is 10.7 Å². The first-order valence-electron chi connectivity index (χ1n) is 8.80. The highest BCUT2D eigenvalue weighted by molar-refractivity contribution is 5.56. The van der Waals surface area contributed by atoms with Crippen LogP contribution in [-0.4, -0.2) is 36.8 Å². The maximum absolute atomic E-state index is 13.9. The molecule has 0 fully saturated rings. The first-order valence-corrected chi connectivity index (χ1v) is 8.80. The minimum atomic E-state index is -0.737. The van der Waals surface area contributed by atoms with E-state index in [1.807, 2.05) is 6.92 Å². The molecule has 0 saturated heterocycles. The number of alkyl halides is 1. The fourth-order valence-corrected chi connectivity index (χ4v) is 2.98. The Kier molecular flexibility index (Phi) is 6.00. The number of anilines is 1. The Balaban J connectivity index is 1.92. The smallest absolute Gasteiger partial charge is 0.182 e. The first-order chi connectivity index (χ1) is 13.2.